The van der Waals surface area contributed by atoms with Crippen molar-refractivity contribution in [3.63, 3.8) is 0 Å². The zero-order valence-electron chi connectivity index (χ0n) is 16.6. The topological polar surface area (TPSA) is 71.3 Å². The number of nitrogens with zero attached hydrogens (tertiary/aromatic N) is 3. The van der Waals surface area contributed by atoms with Crippen LogP contribution in [0.2, 0.25) is 0 Å². The molecule has 3 rings (SSSR count). The van der Waals surface area contributed by atoms with Gasteiger partial charge in [-0.2, -0.15) is 4.37 Å². The largest absolute Gasteiger partial charge is 0.467 e. The first kappa shape index (κ1) is 21.0. The Morgan fingerprint density at radius 2 is 2.10 bits per heavy atom. The van der Waals surface area contributed by atoms with E-state index in [0.29, 0.717) is 31.8 Å². The summed E-state index contributed by atoms with van der Waals surface area (Å²) in [6.07, 6.45) is 3.43. The molecule has 0 spiro atoms. The summed E-state index contributed by atoms with van der Waals surface area (Å²) in [5, 5.41) is 3.67. The molecule has 0 aliphatic rings. The van der Waals surface area contributed by atoms with Crippen molar-refractivity contribution < 1.29 is 13.6 Å². The molecule has 1 atom stereocenters. The Hall–Kier alpha value is -2.74. The lowest BCUT2D eigenvalue weighted by Gasteiger charge is -2.27. The third kappa shape index (κ3) is 6.12. The molecule has 3 aromatic rings. The van der Waals surface area contributed by atoms with Crippen LogP contribution in [-0.2, 0) is 17.8 Å². The Kier molecular flexibility index (Phi) is 7.35. The molecule has 1 amide bonds. The number of aromatic nitrogens is 2. The van der Waals surface area contributed by atoms with Gasteiger partial charge in [-0.25, -0.2) is 9.37 Å². The van der Waals surface area contributed by atoms with Crippen molar-refractivity contribution in [1.29, 1.82) is 0 Å². The number of amides is 1. The second-order valence-electron chi connectivity index (χ2n) is 6.85. The highest BCUT2D eigenvalue weighted by atomic mass is 32.1. The van der Waals surface area contributed by atoms with E-state index in [9.17, 15) is 9.18 Å². The van der Waals surface area contributed by atoms with Gasteiger partial charge in [-0.05, 0) is 43.2 Å². The molecule has 2 aromatic heterocycles. The predicted molar refractivity (Wildman–Crippen MR) is 111 cm³/mol. The lowest BCUT2D eigenvalue weighted by molar-refractivity contribution is -0.121. The van der Waals surface area contributed by atoms with E-state index in [0.717, 1.165) is 22.9 Å². The van der Waals surface area contributed by atoms with Crippen LogP contribution in [0, 0.1) is 5.82 Å². The normalized spacial score (nSPS) is 12.0. The molecule has 1 N–H and O–H groups in total. The summed E-state index contributed by atoms with van der Waals surface area (Å²) < 4.78 is 22.8. The molecular formula is C21H25FN4O2S. The average molecular weight is 417 g/mol. The summed E-state index contributed by atoms with van der Waals surface area (Å²) in [5.74, 6) is 1.14. The molecule has 0 saturated carbocycles. The second kappa shape index (κ2) is 10.2. The second-order valence-corrected chi connectivity index (χ2v) is 7.58. The smallest absolute Gasteiger partial charge is 0.222 e. The molecule has 0 radical (unpaired) electrons. The summed E-state index contributed by atoms with van der Waals surface area (Å²) in [6.45, 7) is 5.16. The number of benzene rings is 1. The fourth-order valence-electron chi connectivity index (χ4n) is 2.85. The summed E-state index contributed by atoms with van der Waals surface area (Å²) in [4.78, 5) is 19.0. The third-order valence-electron chi connectivity index (χ3n) is 4.72. The van der Waals surface area contributed by atoms with Crippen molar-refractivity contribution in [3.8, 4) is 0 Å². The Balaban J connectivity index is 1.58. The van der Waals surface area contributed by atoms with Crippen LogP contribution in [0.5, 0.6) is 0 Å². The number of nitrogens with one attached hydrogen (secondary N) is 1. The van der Waals surface area contributed by atoms with Crippen LogP contribution < -0.4 is 10.2 Å². The third-order valence-corrected chi connectivity index (χ3v) is 5.51. The van der Waals surface area contributed by atoms with Crippen molar-refractivity contribution in [1.82, 2.24) is 14.7 Å². The average Bonchev–Trinajstić information content (AvgIpc) is 3.40. The quantitative estimate of drug-likeness (QED) is 0.537. The summed E-state index contributed by atoms with van der Waals surface area (Å²) in [6, 6.07) is 10.2. The minimum Gasteiger partial charge on any atom is -0.467 e. The highest BCUT2D eigenvalue weighted by Gasteiger charge is 2.19. The van der Waals surface area contributed by atoms with Crippen LogP contribution in [0.1, 0.15) is 43.8 Å². The van der Waals surface area contributed by atoms with Gasteiger partial charge in [0.25, 0.3) is 0 Å². The molecule has 1 aromatic carbocycles. The van der Waals surface area contributed by atoms with Gasteiger partial charge in [-0.3, -0.25) is 4.79 Å². The summed E-state index contributed by atoms with van der Waals surface area (Å²) in [7, 11) is 0. The molecule has 29 heavy (non-hydrogen) atoms. The van der Waals surface area contributed by atoms with Gasteiger partial charge in [0.05, 0.1) is 12.8 Å². The molecule has 8 heteroatoms. The first-order valence-corrected chi connectivity index (χ1v) is 10.4. The van der Waals surface area contributed by atoms with Crippen molar-refractivity contribution in [3.05, 3.63) is 65.6 Å². The van der Waals surface area contributed by atoms with Crippen molar-refractivity contribution in [2.24, 2.45) is 0 Å². The predicted octanol–water partition coefficient (Wildman–Crippen LogP) is 4.17. The molecule has 0 aliphatic heterocycles. The number of carbonyl (C=O) groups is 1. The number of anilines is 1. The fraction of sp³-hybridized carbons (Fsp3) is 0.381. The number of furan rings is 1. The molecule has 154 valence electrons. The molecule has 2 heterocycles. The van der Waals surface area contributed by atoms with Crippen LogP contribution >= 0.6 is 11.5 Å². The van der Waals surface area contributed by atoms with Gasteiger partial charge >= 0.3 is 0 Å². The maximum absolute atomic E-state index is 13.1. The molecular weight excluding hydrogens is 391 g/mol. The Bertz CT molecular complexity index is 896. The van der Waals surface area contributed by atoms with Crippen molar-refractivity contribution >= 4 is 22.6 Å². The van der Waals surface area contributed by atoms with E-state index >= 15 is 0 Å². The minimum absolute atomic E-state index is 0.0363. The van der Waals surface area contributed by atoms with E-state index in [2.05, 4.69) is 33.4 Å². The maximum atomic E-state index is 13.1. The van der Waals surface area contributed by atoms with Crippen LogP contribution in [0.4, 0.5) is 9.52 Å². The monoisotopic (exact) mass is 416 g/mol. The zero-order chi connectivity index (χ0) is 20.6. The van der Waals surface area contributed by atoms with Crippen LogP contribution in [0.3, 0.4) is 0 Å². The molecule has 6 nitrogen and oxygen atoms in total. The first-order chi connectivity index (χ1) is 14.0. The lowest BCUT2D eigenvalue weighted by Crippen LogP contribution is -2.36. The van der Waals surface area contributed by atoms with E-state index < -0.39 is 0 Å². The van der Waals surface area contributed by atoms with Gasteiger partial charge in [0.2, 0.25) is 11.0 Å². The summed E-state index contributed by atoms with van der Waals surface area (Å²) in [5.41, 5.74) is 0.961. The van der Waals surface area contributed by atoms with E-state index in [1.807, 2.05) is 6.07 Å². The highest BCUT2D eigenvalue weighted by Crippen LogP contribution is 2.22. The highest BCUT2D eigenvalue weighted by molar-refractivity contribution is 7.09. The SMILES string of the molecule is CC[C@H](C)N(CCC(=O)NCc1ccco1)c1nc(Cc2ccc(F)cc2)ns1. The number of halogens is 1. The van der Waals surface area contributed by atoms with Gasteiger partial charge in [0.15, 0.2) is 0 Å². The van der Waals surface area contributed by atoms with Gasteiger partial charge < -0.3 is 14.6 Å². The molecule has 0 fully saturated rings. The fourth-order valence-corrected chi connectivity index (χ4v) is 3.67. The lowest BCUT2D eigenvalue weighted by atomic mass is 10.1. The van der Waals surface area contributed by atoms with E-state index in [1.54, 1.807) is 24.5 Å². The number of carbonyl (C=O) groups excluding carboxylic acids is 1. The van der Waals surface area contributed by atoms with Crippen molar-refractivity contribution in [2.75, 3.05) is 11.4 Å². The summed E-state index contributed by atoms with van der Waals surface area (Å²) >= 11 is 1.33. The van der Waals surface area contributed by atoms with Gasteiger partial charge in [-0.15, -0.1) is 0 Å². The Labute approximate surface area is 173 Å². The van der Waals surface area contributed by atoms with Gasteiger partial charge in [-0.1, -0.05) is 19.1 Å². The Morgan fingerprint density at radius 1 is 1.31 bits per heavy atom. The number of hydrogen-bond acceptors (Lipinski definition) is 6. The molecule has 0 bridgehead atoms. The zero-order valence-corrected chi connectivity index (χ0v) is 17.4. The number of rotatable bonds is 10. The van der Waals surface area contributed by atoms with E-state index in [-0.39, 0.29) is 17.8 Å². The standard InChI is InChI=1S/C21H25FN4O2S/c1-3-15(2)26(11-10-20(27)23-14-18-5-4-12-28-18)21-24-19(25-29-21)13-16-6-8-17(22)9-7-16/h4-9,12,15H,3,10-11,13-14H2,1-2H3,(H,23,27)/t15-/m0/s1. The molecule has 0 unspecified atom stereocenters. The first-order valence-electron chi connectivity index (χ1n) is 9.68. The van der Waals surface area contributed by atoms with Crippen molar-refractivity contribution in [2.45, 2.75) is 45.7 Å². The molecule has 0 saturated heterocycles. The maximum Gasteiger partial charge on any atom is 0.222 e. The Morgan fingerprint density at radius 3 is 2.79 bits per heavy atom. The molecule has 0 aliphatic carbocycles. The van der Waals surface area contributed by atoms with Crippen LogP contribution in [0.15, 0.2) is 47.1 Å². The van der Waals surface area contributed by atoms with Crippen LogP contribution in [0.25, 0.3) is 0 Å². The van der Waals surface area contributed by atoms with Crippen LogP contribution in [-0.4, -0.2) is 27.9 Å². The minimum atomic E-state index is -0.256. The van der Waals surface area contributed by atoms with Gasteiger partial charge in [0, 0.05) is 37.0 Å². The van der Waals surface area contributed by atoms with E-state index in [4.69, 9.17) is 4.42 Å². The number of hydrogen-bond donors (Lipinski definition) is 1. The van der Waals surface area contributed by atoms with Gasteiger partial charge in [0.1, 0.15) is 17.4 Å². The van der Waals surface area contributed by atoms with E-state index in [1.165, 1.54) is 23.7 Å².